The highest BCUT2D eigenvalue weighted by molar-refractivity contribution is 5.47. The third-order valence-electron chi connectivity index (χ3n) is 4.85. The van der Waals surface area contributed by atoms with Gasteiger partial charge in [0.15, 0.2) is 5.82 Å². The second kappa shape index (κ2) is 7.15. The lowest BCUT2D eigenvalue weighted by molar-refractivity contribution is 0.323. The maximum Gasteiger partial charge on any atom is 0.176 e. The number of para-hydroxylation sites is 1. The molecule has 0 aliphatic carbocycles. The SMILES string of the molecule is CC[C@](C)(NCc1ccccc1)c1nnnn1-c1c(C)cccc1C. The highest BCUT2D eigenvalue weighted by atomic mass is 15.6. The molecule has 2 aromatic carbocycles. The summed E-state index contributed by atoms with van der Waals surface area (Å²) in [5.74, 6) is 0.836. The van der Waals surface area contributed by atoms with Gasteiger partial charge in [-0.3, -0.25) is 0 Å². The van der Waals surface area contributed by atoms with E-state index in [1.54, 1.807) is 0 Å². The van der Waals surface area contributed by atoms with E-state index in [0.29, 0.717) is 0 Å². The maximum atomic E-state index is 4.37. The Balaban J connectivity index is 1.96. The van der Waals surface area contributed by atoms with Gasteiger partial charge < -0.3 is 5.32 Å². The van der Waals surface area contributed by atoms with Crippen molar-refractivity contribution >= 4 is 0 Å². The van der Waals surface area contributed by atoms with E-state index in [4.69, 9.17) is 0 Å². The first-order chi connectivity index (χ1) is 12.0. The molecule has 0 unspecified atom stereocenters. The first-order valence-corrected chi connectivity index (χ1v) is 8.69. The molecule has 1 heterocycles. The van der Waals surface area contributed by atoms with Gasteiger partial charge >= 0.3 is 0 Å². The Morgan fingerprint density at radius 3 is 2.32 bits per heavy atom. The normalized spacial score (nSPS) is 13.6. The zero-order valence-electron chi connectivity index (χ0n) is 15.3. The average molecular weight is 335 g/mol. The fraction of sp³-hybridized carbons (Fsp3) is 0.350. The standard InChI is InChI=1S/C20H25N5/c1-5-20(4,21-14-17-12-7-6-8-13-17)19-22-23-24-25(19)18-15(2)10-9-11-16(18)3/h6-13,21H,5,14H2,1-4H3/t20-/m0/s1. The Kier molecular flexibility index (Phi) is 4.95. The second-order valence-corrected chi connectivity index (χ2v) is 6.68. The van der Waals surface area contributed by atoms with Crippen LogP contribution in [-0.4, -0.2) is 20.2 Å². The number of benzene rings is 2. The molecule has 0 aliphatic heterocycles. The van der Waals surface area contributed by atoms with Gasteiger partial charge in [0.05, 0.1) is 11.2 Å². The van der Waals surface area contributed by atoms with Crippen molar-refractivity contribution in [2.45, 2.75) is 46.2 Å². The molecule has 1 N–H and O–H groups in total. The van der Waals surface area contributed by atoms with Crippen molar-refractivity contribution in [2.75, 3.05) is 0 Å². The van der Waals surface area contributed by atoms with Gasteiger partial charge in [-0.2, -0.15) is 4.68 Å². The largest absolute Gasteiger partial charge is 0.301 e. The Morgan fingerprint density at radius 2 is 1.68 bits per heavy atom. The van der Waals surface area contributed by atoms with Crippen LogP contribution >= 0.6 is 0 Å². The van der Waals surface area contributed by atoms with Crippen LogP contribution in [0.25, 0.3) is 5.69 Å². The monoisotopic (exact) mass is 335 g/mol. The molecule has 0 saturated heterocycles. The van der Waals surface area contributed by atoms with Crippen molar-refractivity contribution in [3.8, 4) is 5.69 Å². The highest BCUT2D eigenvalue weighted by Crippen LogP contribution is 2.27. The smallest absolute Gasteiger partial charge is 0.176 e. The molecule has 1 aromatic heterocycles. The Bertz CT molecular complexity index is 820. The van der Waals surface area contributed by atoms with Crippen LogP contribution < -0.4 is 5.32 Å². The molecular weight excluding hydrogens is 310 g/mol. The van der Waals surface area contributed by atoms with Crippen molar-refractivity contribution in [2.24, 2.45) is 0 Å². The highest BCUT2D eigenvalue weighted by Gasteiger charge is 2.31. The summed E-state index contributed by atoms with van der Waals surface area (Å²) in [6.45, 7) is 9.27. The van der Waals surface area contributed by atoms with E-state index in [2.05, 4.69) is 91.0 Å². The van der Waals surface area contributed by atoms with Gasteiger partial charge in [-0.05, 0) is 54.3 Å². The number of tetrazole rings is 1. The number of aryl methyl sites for hydroxylation is 2. The molecule has 1 atom stereocenters. The van der Waals surface area contributed by atoms with Crippen LogP contribution in [0.2, 0.25) is 0 Å². The molecule has 0 aliphatic rings. The summed E-state index contributed by atoms with van der Waals surface area (Å²) < 4.78 is 1.88. The van der Waals surface area contributed by atoms with Gasteiger partial charge in [0.2, 0.25) is 0 Å². The van der Waals surface area contributed by atoms with Crippen LogP contribution in [0.4, 0.5) is 0 Å². The van der Waals surface area contributed by atoms with Crippen LogP contribution in [0.1, 0.15) is 42.8 Å². The van der Waals surface area contributed by atoms with Crippen molar-refractivity contribution < 1.29 is 0 Å². The molecule has 3 rings (SSSR count). The lowest BCUT2D eigenvalue weighted by Gasteiger charge is -2.29. The molecule has 5 heteroatoms. The third-order valence-corrected chi connectivity index (χ3v) is 4.85. The molecule has 5 nitrogen and oxygen atoms in total. The lowest BCUT2D eigenvalue weighted by Crippen LogP contribution is -2.41. The minimum atomic E-state index is -0.325. The minimum absolute atomic E-state index is 0.325. The van der Waals surface area contributed by atoms with Crippen LogP contribution in [-0.2, 0) is 12.1 Å². The quantitative estimate of drug-likeness (QED) is 0.746. The van der Waals surface area contributed by atoms with Crippen molar-refractivity contribution in [3.63, 3.8) is 0 Å². The first kappa shape index (κ1) is 17.3. The summed E-state index contributed by atoms with van der Waals surface area (Å²) in [4.78, 5) is 0. The number of hydrogen-bond donors (Lipinski definition) is 1. The van der Waals surface area contributed by atoms with Gasteiger partial charge in [0.25, 0.3) is 0 Å². The summed E-state index contributed by atoms with van der Waals surface area (Å²) in [7, 11) is 0. The molecule has 0 saturated carbocycles. The van der Waals surface area contributed by atoms with Gasteiger partial charge in [-0.15, -0.1) is 5.10 Å². The van der Waals surface area contributed by atoms with Crippen LogP contribution in [0, 0.1) is 13.8 Å². The predicted molar refractivity (Wildman–Crippen MR) is 99.6 cm³/mol. The van der Waals surface area contributed by atoms with Crippen LogP contribution in [0.3, 0.4) is 0 Å². The zero-order chi connectivity index (χ0) is 17.9. The van der Waals surface area contributed by atoms with Gasteiger partial charge in [0, 0.05) is 6.54 Å². The minimum Gasteiger partial charge on any atom is -0.301 e. The summed E-state index contributed by atoms with van der Waals surface area (Å²) in [6.07, 6.45) is 0.880. The molecule has 0 radical (unpaired) electrons. The zero-order valence-corrected chi connectivity index (χ0v) is 15.3. The number of hydrogen-bond acceptors (Lipinski definition) is 4. The Labute approximate surface area is 149 Å². The fourth-order valence-electron chi connectivity index (χ4n) is 3.08. The lowest BCUT2D eigenvalue weighted by atomic mass is 9.96. The number of rotatable bonds is 6. The molecule has 0 spiro atoms. The van der Waals surface area contributed by atoms with Crippen molar-refractivity contribution in [1.82, 2.24) is 25.5 Å². The summed E-state index contributed by atoms with van der Waals surface area (Å²) in [6, 6.07) is 16.6. The third kappa shape index (κ3) is 3.46. The predicted octanol–water partition coefficient (Wildman–Crippen LogP) is 3.69. The molecule has 0 bridgehead atoms. The first-order valence-electron chi connectivity index (χ1n) is 8.69. The van der Waals surface area contributed by atoms with E-state index in [1.807, 2.05) is 10.7 Å². The topological polar surface area (TPSA) is 55.6 Å². The summed E-state index contributed by atoms with van der Waals surface area (Å²) in [5, 5.41) is 16.3. The Morgan fingerprint density at radius 1 is 1.00 bits per heavy atom. The van der Waals surface area contributed by atoms with Crippen molar-refractivity contribution in [1.29, 1.82) is 0 Å². The number of nitrogens with zero attached hydrogens (tertiary/aromatic N) is 4. The average Bonchev–Trinajstić information content (AvgIpc) is 3.10. The van der Waals surface area contributed by atoms with Crippen molar-refractivity contribution in [3.05, 3.63) is 71.0 Å². The fourth-order valence-corrected chi connectivity index (χ4v) is 3.08. The molecule has 0 amide bonds. The van der Waals surface area contributed by atoms with E-state index >= 15 is 0 Å². The van der Waals surface area contributed by atoms with Gasteiger partial charge in [-0.1, -0.05) is 55.5 Å². The molecule has 25 heavy (non-hydrogen) atoms. The van der Waals surface area contributed by atoms with Crippen LogP contribution in [0.15, 0.2) is 48.5 Å². The van der Waals surface area contributed by atoms with Crippen LogP contribution in [0.5, 0.6) is 0 Å². The molecular formula is C20H25N5. The van der Waals surface area contributed by atoms with E-state index in [0.717, 1.165) is 35.6 Å². The number of aromatic nitrogens is 4. The summed E-state index contributed by atoms with van der Waals surface area (Å²) in [5.41, 5.74) is 4.30. The van der Waals surface area contributed by atoms with E-state index in [-0.39, 0.29) is 5.54 Å². The van der Waals surface area contributed by atoms with Gasteiger partial charge in [0.1, 0.15) is 0 Å². The maximum absolute atomic E-state index is 4.37. The number of nitrogens with one attached hydrogen (secondary N) is 1. The van der Waals surface area contributed by atoms with Gasteiger partial charge in [-0.25, -0.2) is 0 Å². The molecule has 130 valence electrons. The Hall–Kier alpha value is -2.53. The van der Waals surface area contributed by atoms with E-state index in [1.165, 1.54) is 5.56 Å². The second-order valence-electron chi connectivity index (χ2n) is 6.68. The molecule has 3 aromatic rings. The van der Waals surface area contributed by atoms with E-state index in [9.17, 15) is 0 Å². The summed E-state index contributed by atoms with van der Waals surface area (Å²) >= 11 is 0. The van der Waals surface area contributed by atoms with E-state index < -0.39 is 0 Å². The molecule has 0 fully saturated rings.